The van der Waals surface area contributed by atoms with Gasteiger partial charge in [-0.3, -0.25) is 4.79 Å². The van der Waals surface area contributed by atoms with Crippen molar-refractivity contribution in [2.75, 3.05) is 13.2 Å². The van der Waals surface area contributed by atoms with Crippen LogP contribution in [0.5, 0.6) is 5.75 Å². The summed E-state index contributed by atoms with van der Waals surface area (Å²) in [6.45, 7) is 6.83. The molecular formula is C14H22N2O2. The van der Waals surface area contributed by atoms with Crippen LogP contribution in [0.25, 0.3) is 0 Å². The Hall–Kier alpha value is -1.55. The molecule has 0 aromatic heterocycles. The van der Waals surface area contributed by atoms with Crippen molar-refractivity contribution < 1.29 is 9.53 Å². The Morgan fingerprint density at radius 3 is 2.72 bits per heavy atom. The van der Waals surface area contributed by atoms with Crippen LogP contribution in [-0.4, -0.2) is 25.1 Å². The fourth-order valence-electron chi connectivity index (χ4n) is 1.43. The van der Waals surface area contributed by atoms with E-state index in [1.807, 2.05) is 32.0 Å². The van der Waals surface area contributed by atoms with Crippen LogP contribution in [0.2, 0.25) is 0 Å². The third-order valence-corrected chi connectivity index (χ3v) is 2.70. The molecule has 1 aromatic carbocycles. The highest BCUT2D eigenvalue weighted by Crippen LogP contribution is 2.16. The van der Waals surface area contributed by atoms with E-state index in [0.717, 1.165) is 5.75 Å². The summed E-state index contributed by atoms with van der Waals surface area (Å²) >= 11 is 0. The van der Waals surface area contributed by atoms with Gasteiger partial charge in [-0.2, -0.15) is 0 Å². The minimum Gasteiger partial charge on any atom is -0.493 e. The fraction of sp³-hybridized carbons (Fsp3) is 0.500. The van der Waals surface area contributed by atoms with Gasteiger partial charge in [0.15, 0.2) is 0 Å². The van der Waals surface area contributed by atoms with Crippen LogP contribution in [0, 0.1) is 13.8 Å². The second-order valence-corrected chi connectivity index (χ2v) is 4.63. The molecule has 0 heterocycles. The van der Waals surface area contributed by atoms with Gasteiger partial charge >= 0.3 is 0 Å². The number of hydrogen-bond donors (Lipinski definition) is 2. The third-order valence-electron chi connectivity index (χ3n) is 2.70. The molecule has 0 aliphatic rings. The zero-order chi connectivity index (χ0) is 13.5. The van der Waals surface area contributed by atoms with E-state index in [1.165, 1.54) is 11.1 Å². The third kappa shape index (κ3) is 5.19. The number of carbonyl (C=O) groups excluding carboxylic acids is 1. The zero-order valence-electron chi connectivity index (χ0n) is 11.3. The number of nitrogens with one attached hydrogen (secondary N) is 1. The monoisotopic (exact) mass is 250 g/mol. The number of aryl methyl sites for hydroxylation is 2. The summed E-state index contributed by atoms with van der Waals surface area (Å²) in [4.78, 5) is 11.4. The van der Waals surface area contributed by atoms with Crippen molar-refractivity contribution in [2.45, 2.75) is 33.2 Å². The molecule has 0 spiro atoms. The van der Waals surface area contributed by atoms with E-state index in [-0.39, 0.29) is 11.9 Å². The van der Waals surface area contributed by atoms with Gasteiger partial charge in [0.25, 0.3) is 0 Å². The maximum atomic E-state index is 11.4. The molecule has 0 bridgehead atoms. The fourth-order valence-corrected chi connectivity index (χ4v) is 1.43. The molecule has 0 saturated carbocycles. The summed E-state index contributed by atoms with van der Waals surface area (Å²) in [6, 6.07) is 5.90. The van der Waals surface area contributed by atoms with Crippen LogP contribution in [0.3, 0.4) is 0 Å². The summed E-state index contributed by atoms with van der Waals surface area (Å²) in [5.74, 6) is 0.772. The SMILES string of the molecule is Cc1ccc(OCCC(=O)NCC(C)N)cc1C. The van der Waals surface area contributed by atoms with E-state index in [4.69, 9.17) is 10.5 Å². The minimum absolute atomic E-state index is 0.0189. The van der Waals surface area contributed by atoms with E-state index in [9.17, 15) is 4.79 Å². The van der Waals surface area contributed by atoms with Gasteiger partial charge in [-0.1, -0.05) is 6.07 Å². The van der Waals surface area contributed by atoms with E-state index < -0.39 is 0 Å². The van der Waals surface area contributed by atoms with Crippen molar-refractivity contribution >= 4 is 5.91 Å². The topological polar surface area (TPSA) is 64.3 Å². The first-order valence-corrected chi connectivity index (χ1v) is 6.21. The molecule has 0 aliphatic carbocycles. The van der Waals surface area contributed by atoms with Gasteiger partial charge in [-0.05, 0) is 44.0 Å². The van der Waals surface area contributed by atoms with Crippen molar-refractivity contribution in [3.63, 3.8) is 0 Å². The highest BCUT2D eigenvalue weighted by Gasteiger charge is 2.03. The molecule has 4 heteroatoms. The Labute approximate surface area is 109 Å². The smallest absolute Gasteiger partial charge is 0.223 e. The first kappa shape index (κ1) is 14.5. The summed E-state index contributed by atoms with van der Waals surface area (Å²) < 4.78 is 5.53. The van der Waals surface area contributed by atoms with Gasteiger partial charge < -0.3 is 15.8 Å². The average molecular weight is 250 g/mol. The standard InChI is InChI=1S/C14H22N2O2/c1-10-4-5-13(8-11(10)2)18-7-6-14(17)16-9-12(3)15/h4-5,8,12H,6-7,9,15H2,1-3H3,(H,16,17). The molecule has 1 atom stereocenters. The van der Waals surface area contributed by atoms with E-state index >= 15 is 0 Å². The molecule has 4 nitrogen and oxygen atoms in total. The molecule has 100 valence electrons. The maximum absolute atomic E-state index is 11.4. The quantitative estimate of drug-likeness (QED) is 0.805. The lowest BCUT2D eigenvalue weighted by Gasteiger charge is -2.10. The van der Waals surface area contributed by atoms with Crippen molar-refractivity contribution in [1.82, 2.24) is 5.32 Å². The lowest BCUT2D eigenvalue weighted by molar-refractivity contribution is -0.121. The van der Waals surface area contributed by atoms with Gasteiger partial charge in [0.2, 0.25) is 5.91 Å². The second-order valence-electron chi connectivity index (χ2n) is 4.63. The summed E-state index contributed by atoms with van der Waals surface area (Å²) in [7, 11) is 0. The van der Waals surface area contributed by atoms with Crippen LogP contribution < -0.4 is 15.8 Å². The van der Waals surface area contributed by atoms with Crippen molar-refractivity contribution in [2.24, 2.45) is 5.73 Å². The van der Waals surface area contributed by atoms with Crippen LogP contribution >= 0.6 is 0 Å². The van der Waals surface area contributed by atoms with Crippen LogP contribution in [0.15, 0.2) is 18.2 Å². The number of amides is 1. The molecule has 0 aliphatic heterocycles. The average Bonchev–Trinajstić information content (AvgIpc) is 2.31. The number of carbonyl (C=O) groups is 1. The summed E-state index contributed by atoms with van der Waals surface area (Å²) in [5.41, 5.74) is 7.97. The van der Waals surface area contributed by atoms with Crippen molar-refractivity contribution in [1.29, 1.82) is 0 Å². The first-order chi connectivity index (χ1) is 8.49. The largest absolute Gasteiger partial charge is 0.493 e. The van der Waals surface area contributed by atoms with Gasteiger partial charge in [-0.15, -0.1) is 0 Å². The molecule has 18 heavy (non-hydrogen) atoms. The molecule has 1 unspecified atom stereocenters. The first-order valence-electron chi connectivity index (χ1n) is 6.21. The minimum atomic E-state index is -0.0314. The van der Waals surface area contributed by atoms with Crippen LogP contribution in [-0.2, 0) is 4.79 Å². The molecule has 1 amide bonds. The Morgan fingerprint density at radius 2 is 2.11 bits per heavy atom. The molecular weight excluding hydrogens is 228 g/mol. The normalized spacial score (nSPS) is 12.0. The van der Waals surface area contributed by atoms with Gasteiger partial charge in [0.1, 0.15) is 5.75 Å². The lowest BCUT2D eigenvalue weighted by Crippen LogP contribution is -2.35. The molecule has 0 saturated heterocycles. The highest BCUT2D eigenvalue weighted by atomic mass is 16.5. The Morgan fingerprint density at radius 1 is 1.39 bits per heavy atom. The Bertz CT molecular complexity index is 403. The van der Waals surface area contributed by atoms with E-state index in [2.05, 4.69) is 12.2 Å². The molecule has 1 aromatic rings. The van der Waals surface area contributed by atoms with Gasteiger partial charge in [0, 0.05) is 12.6 Å². The number of ether oxygens (including phenoxy) is 1. The van der Waals surface area contributed by atoms with Crippen LogP contribution in [0.1, 0.15) is 24.5 Å². The number of benzene rings is 1. The molecule has 3 N–H and O–H groups in total. The maximum Gasteiger partial charge on any atom is 0.223 e. The Kier molecular flexibility index (Phi) is 5.65. The number of nitrogens with two attached hydrogens (primary N) is 1. The predicted molar refractivity (Wildman–Crippen MR) is 72.7 cm³/mol. The summed E-state index contributed by atoms with van der Waals surface area (Å²) in [5, 5.41) is 2.74. The molecule has 1 rings (SSSR count). The lowest BCUT2D eigenvalue weighted by atomic mass is 10.1. The van der Waals surface area contributed by atoms with Crippen molar-refractivity contribution in [3.05, 3.63) is 29.3 Å². The predicted octanol–water partition coefficient (Wildman–Crippen LogP) is 1.54. The van der Waals surface area contributed by atoms with E-state index in [1.54, 1.807) is 0 Å². The van der Waals surface area contributed by atoms with E-state index in [0.29, 0.717) is 19.6 Å². The number of hydrogen-bond acceptors (Lipinski definition) is 3. The Balaban J connectivity index is 2.28. The number of rotatable bonds is 6. The zero-order valence-corrected chi connectivity index (χ0v) is 11.3. The molecule has 0 radical (unpaired) electrons. The molecule has 0 fully saturated rings. The second kappa shape index (κ2) is 7.01. The van der Waals surface area contributed by atoms with Gasteiger partial charge in [0.05, 0.1) is 13.0 Å². The van der Waals surface area contributed by atoms with Gasteiger partial charge in [-0.25, -0.2) is 0 Å². The van der Waals surface area contributed by atoms with Crippen molar-refractivity contribution in [3.8, 4) is 5.75 Å². The van der Waals surface area contributed by atoms with Crippen LogP contribution in [0.4, 0.5) is 0 Å². The highest BCUT2D eigenvalue weighted by molar-refractivity contribution is 5.76. The summed E-state index contributed by atoms with van der Waals surface area (Å²) in [6.07, 6.45) is 0.347.